The molecule has 1 aliphatic heterocycles. The number of hydrogen-bond donors (Lipinski definition) is 2. The maximum absolute atomic E-state index is 12.6. The van der Waals surface area contributed by atoms with Crippen LogP contribution in [0, 0.1) is 0 Å². The molecule has 7 nitrogen and oxygen atoms in total. The molecule has 3 heterocycles. The summed E-state index contributed by atoms with van der Waals surface area (Å²) in [5.74, 6) is -1.13. The van der Waals surface area contributed by atoms with E-state index in [2.05, 4.69) is 10.3 Å². The summed E-state index contributed by atoms with van der Waals surface area (Å²) in [5, 5.41) is 2.75. The zero-order valence-electron chi connectivity index (χ0n) is 11.7. The van der Waals surface area contributed by atoms with E-state index in [0.29, 0.717) is 25.1 Å². The Balaban J connectivity index is 1.95. The Morgan fingerprint density at radius 3 is 2.95 bits per heavy atom. The second kappa shape index (κ2) is 5.58. The lowest BCUT2D eigenvalue weighted by molar-refractivity contribution is -0.129. The maximum Gasteiger partial charge on any atom is 0.272 e. The maximum atomic E-state index is 12.6. The molecule has 0 aromatic carbocycles. The van der Waals surface area contributed by atoms with Crippen LogP contribution < -0.4 is 11.1 Å². The Labute approximate surface area is 131 Å². The van der Waals surface area contributed by atoms with Gasteiger partial charge in [0.25, 0.3) is 5.91 Å². The quantitative estimate of drug-likeness (QED) is 0.871. The highest BCUT2D eigenvalue weighted by Crippen LogP contribution is 2.22. The largest absolute Gasteiger partial charge is 0.378 e. The fraction of sp³-hybridized carbons (Fsp3) is 0.357. The number of amides is 2. The van der Waals surface area contributed by atoms with Crippen molar-refractivity contribution >= 4 is 29.1 Å². The smallest absolute Gasteiger partial charge is 0.272 e. The van der Waals surface area contributed by atoms with Gasteiger partial charge in [0, 0.05) is 12.8 Å². The molecule has 2 aromatic heterocycles. The molecule has 1 saturated heterocycles. The molecular weight excluding hydrogens is 308 g/mol. The SMILES string of the molecule is NC(=O)C1(NC(=O)c2c(Cl)nc3ccccn23)CCCOC1. The van der Waals surface area contributed by atoms with Crippen LogP contribution in [0.1, 0.15) is 23.3 Å². The zero-order chi connectivity index (χ0) is 15.7. The lowest BCUT2D eigenvalue weighted by Crippen LogP contribution is -2.62. The van der Waals surface area contributed by atoms with E-state index in [-0.39, 0.29) is 17.5 Å². The summed E-state index contributed by atoms with van der Waals surface area (Å²) in [5.41, 5.74) is 4.97. The molecule has 1 atom stereocenters. The number of carbonyl (C=O) groups excluding carboxylic acids is 2. The Morgan fingerprint density at radius 2 is 2.27 bits per heavy atom. The third-order valence-corrected chi connectivity index (χ3v) is 4.03. The molecule has 3 N–H and O–H groups in total. The summed E-state index contributed by atoms with van der Waals surface area (Å²) in [4.78, 5) is 28.5. The van der Waals surface area contributed by atoms with Gasteiger partial charge >= 0.3 is 0 Å². The molecule has 3 rings (SSSR count). The summed E-state index contributed by atoms with van der Waals surface area (Å²) in [6, 6.07) is 5.28. The number of nitrogens with one attached hydrogen (secondary N) is 1. The van der Waals surface area contributed by atoms with Gasteiger partial charge in [-0.2, -0.15) is 0 Å². The van der Waals surface area contributed by atoms with E-state index >= 15 is 0 Å². The summed E-state index contributed by atoms with van der Waals surface area (Å²) >= 11 is 6.06. The van der Waals surface area contributed by atoms with Gasteiger partial charge in [0.2, 0.25) is 5.91 Å². The first-order chi connectivity index (χ1) is 10.5. The molecule has 22 heavy (non-hydrogen) atoms. The Kier molecular flexibility index (Phi) is 3.76. The van der Waals surface area contributed by atoms with Gasteiger partial charge in [-0.25, -0.2) is 4.98 Å². The highest BCUT2D eigenvalue weighted by atomic mass is 35.5. The van der Waals surface area contributed by atoms with Crippen LogP contribution in [0.2, 0.25) is 5.15 Å². The van der Waals surface area contributed by atoms with Crippen molar-refractivity contribution in [1.29, 1.82) is 0 Å². The van der Waals surface area contributed by atoms with Gasteiger partial charge in [0.1, 0.15) is 11.2 Å². The molecule has 0 radical (unpaired) electrons. The number of carbonyl (C=O) groups is 2. The molecule has 2 amide bonds. The number of nitrogens with two attached hydrogens (primary N) is 1. The number of imidazole rings is 1. The third kappa shape index (κ3) is 2.42. The molecule has 2 aromatic rings. The molecule has 0 bridgehead atoms. The first-order valence-electron chi connectivity index (χ1n) is 6.86. The molecule has 8 heteroatoms. The average molecular weight is 323 g/mol. The van der Waals surface area contributed by atoms with Crippen LogP contribution in [-0.2, 0) is 9.53 Å². The van der Waals surface area contributed by atoms with E-state index in [1.165, 1.54) is 0 Å². The monoisotopic (exact) mass is 322 g/mol. The Bertz CT molecular complexity index is 737. The molecule has 1 aliphatic rings. The summed E-state index contributed by atoms with van der Waals surface area (Å²) in [7, 11) is 0. The van der Waals surface area contributed by atoms with Crippen LogP contribution in [-0.4, -0.2) is 40.0 Å². The van der Waals surface area contributed by atoms with Gasteiger partial charge in [-0.05, 0) is 25.0 Å². The summed E-state index contributed by atoms with van der Waals surface area (Å²) in [6.07, 6.45) is 2.75. The van der Waals surface area contributed by atoms with Crippen molar-refractivity contribution in [1.82, 2.24) is 14.7 Å². The third-order valence-electron chi connectivity index (χ3n) is 3.77. The van der Waals surface area contributed by atoms with Gasteiger partial charge < -0.3 is 15.8 Å². The Hall–Kier alpha value is -2.12. The Morgan fingerprint density at radius 1 is 1.45 bits per heavy atom. The first kappa shape index (κ1) is 14.8. The lowest BCUT2D eigenvalue weighted by Gasteiger charge is -2.34. The van der Waals surface area contributed by atoms with Crippen LogP contribution in [0.15, 0.2) is 24.4 Å². The second-order valence-electron chi connectivity index (χ2n) is 5.24. The standard InChI is InChI=1S/C14H15ClN4O3/c15-11-10(19-6-2-1-4-9(19)17-11)12(20)18-14(13(16)21)5-3-7-22-8-14/h1-2,4,6H,3,5,7-8H2,(H2,16,21)(H,18,20). The number of halogens is 1. The van der Waals surface area contributed by atoms with Gasteiger partial charge in [-0.1, -0.05) is 17.7 Å². The highest BCUT2D eigenvalue weighted by molar-refractivity contribution is 6.32. The molecule has 0 spiro atoms. The minimum Gasteiger partial charge on any atom is -0.378 e. The van der Waals surface area contributed by atoms with Crippen molar-refractivity contribution in [3.63, 3.8) is 0 Å². The number of aromatic nitrogens is 2. The number of primary amides is 1. The number of fused-ring (bicyclic) bond motifs is 1. The predicted octanol–water partition coefficient (Wildman–Crippen LogP) is 0.752. The number of nitrogens with zero attached hydrogens (tertiary/aromatic N) is 2. The molecular formula is C14H15ClN4O3. The van der Waals surface area contributed by atoms with E-state index in [1.54, 1.807) is 28.8 Å². The van der Waals surface area contributed by atoms with Crippen molar-refractivity contribution in [3.8, 4) is 0 Å². The van der Waals surface area contributed by atoms with Crippen molar-refractivity contribution in [2.75, 3.05) is 13.2 Å². The summed E-state index contributed by atoms with van der Waals surface area (Å²) < 4.78 is 6.88. The topological polar surface area (TPSA) is 98.7 Å². The van der Waals surface area contributed by atoms with Crippen LogP contribution in [0.25, 0.3) is 5.65 Å². The fourth-order valence-corrected chi connectivity index (χ4v) is 2.86. The highest BCUT2D eigenvalue weighted by Gasteiger charge is 2.41. The molecule has 116 valence electrons. The van der Waals surface area contributed by atoms with Crippen molar-refractivity contribution in [3.05, 3.63) is 35.2 Å². The number of pyridine rings is 1. The van der Waals surface area contributed by atoms with Gasteiger partial charge in [-0.3, -0.25) is 14.0 Å². The van der Waals surface area contributed by atoms with Gasteiger partial charge in [-0.15, -0.1) is 0 Å². The lowest BCUT2D eigenvalue weighted by atomic mass is 9.91. The molecule has 0 aliphatic carbocycles. The van der Waals surface area contributed by atoms with E-state index in [1.807, 2.05) is 0 Å². The molecule has 0 saturated carbocycles. The first-order valence-corrected chi connectivity index (χ1v) is 7.24. The van der Waals surface area contributed by atoms with Crippen molar-refractivity contribution in [2.45, 2.75) is 18.4 Å². The minimum absolute atomic E-state index is 0.0580. The predicted molar refractivity (Wildman–Crippen MR) is 79.6 cm³/mol. The van der Waals surface area contributed by atoms with Crippen LogP contribution >= 0.6 is 11.6 Å². The van der Waals surface area contributed by atoms with E-state index in [0.717, 1.165) is 0 Å². The van der Waals surface area contributed by atoms with Crippen LogP contribution in [0.3, 0.4) is 0 Å². The van der Waals surface area contributed by atoms with Gasteiger partial charge in [0.15, 0.2) is 10.8 Å². The van der Waals surface area contributed by atoms with E-state index < -0.39 is 17.4 Å². The van der Waals surface area contributed by atoms with E-state index in [9.17, 15) is 9.59 Å². The van der Waals surface area contributed by atoms with Crippen LogP contribution in [0.5, 0.6) is 0 Å². The zero-order valence-corrected chi connectivity index (χ0v) is 12.5. The number of hydrogen-bond acceptors (Lipinski definition) is 4. The second-order valence-corrected chi connectivity index (χ2v) is 5.59. The minimum atomic E-state index is -1.21. The number of rotatable bonds is 3. The van der Waals surface area contributed by atoms with Crippen LogP contribution in [0.4, 0.5) is 0 Å². The average Bonchev–Trinajstić information content (AvgIpc) is 2.83. The summed E-state index contributed by atoms with van der Waals surface area (Å²) in [6.45, 7) is 0.601. The van der Waals surface area contributed by atoms with E-state index in [4.69, 9.17) is 22.1 Å². The normalized spacial score (nSPS) is 21.7. The number of ether oxygens (including phenoxy) is 1. The molecule has 1 fully saturated rings. The van der Waals surface area contributed by atoms with Crippen molar-refractivity contribution < 1.29 is 14.3 Å². The van der Waals surface area contributed by atoms with Crippen molar-refractivity contribution in [2.24, 2.45) is 5.73 Å². The fourth-order valence-electron chi connectivity index (χ4n) is 2.60. The molecule has 1 unspecified atom stereocenters. The van der Waals surface area contributed by atoms with Gasteiger partial charge in [0.05, 0.1) is 6.61 Å².